The maximum absolute atomic E-state index is 14.3. The summed E-state index contributed by atoms with van der Waals surface area (Å²) in [4.78, 5) is 17.9. The summed E-state index contributed by atoms with van der Waals surface area (Å²) in [6, 6.07) is 18.8. The van der Waals surface area contributed by atoms with Gasteiger partial charge in [-0.1, -0.05) is 35.9 Å². The third-order valence-electron chi connectivity index (χ3n) is 7.58. The Morgan fingerprint density at radius 1 is 0.974 bits per heavy atom. The van der Waals surface area contributed by atoms with E-state index < -0.39 is 0 Å². The molecular weight excluding hydrogens is 483 g/mol. The van der Waals surface area contributed by atoms with Crippen molar-refractivity contribution in [3.8, 4) is 11.5 Å². The van der Waals surface area contributed by atoms with Gasteiger partial charge in [-0.15, -0.1) is 0 Å². The van der Waals surface area contributed by atoms with Crippen molar-refractivity contribution < 1.29 is 18.7 Å². The first-order chi connectivity index (χ1) is 18.5. The number of piperazine rings is 1. The van der Waals surface area contributed by atoms with Crippen LogP contribution >= 0.6 is 0 Å². The number of nitrogens with zero attached hydrogens (tertiary/aromatic N) is 4. The van der Waals surface area contributed by atoms with Gasteiger partial charge in [0.05, 0.1) is 24.0 Å². The van der Waals surface area contributed by atoms with E-state index in [1.165, 1.54) is 6.07 Å². The molecule has 7 nitrogen and oxygen atoms in total. The quantitative estimate of drug-likeness (QED) is 0.495. The van der Waals surface area contributed by atoms with E-state index in [0.717, 1.165) is 28.0 Å². The minimum Gasteiger partial charge on any atom is -0.454 e. The lowest BCUT2D eigenvalue weighted by Crippen LogP contribution is -2.49. The molecule has 1 unspecified atom stereocenters. The second-order valence-electron chi connectivity index (χ2n) is 10.2. The molecule has 0 radical (unpaired) electrons. The monoisotopic (exact) mass is 514 g/mol. The number of hydrogen-bond acceptors (Lipinski definition) is 6. The van der Waals surface area contributed by atoms with Gasteiger partial charge in [0.15, 0.2) is 11.5 Å². The Labute approximate surface area is 222 Å². The van der Waals surface area contributed by atoms with E-state index in [4.69, 9.17) is 14.6 Å². The fourth-order valence-corrected chi connectivity index (χ4v) is 5.45. The van der Waals surface area contributed by atoms with Crippen molar-refractivity contribution in [2.24, 2.45) is 5.10 Å². The minimum absolute atomic E-state index is 0.0488. The molecule has 1 fully saturated rings. The summed E-state index contributed by atoms with van der Waals surface area (Å²) < 4.78 is 25.4. The second kappa shape index (κ2) is 10.1. The molecule has 8 heteroatoms. The number of aryl methyl sites for hydroxylation is 2. The van der Waals surface area contributed by atoms with E-state index in [2.05, 4.69) is 36.9 Å². The number of hydrogen-bond donors (Lipinski definition) is 0. The van der Waals surface area contributed by atoms with Crippen LogP contribution in [-0.2, 0) is 4.79 Å². The molecule has 38 heavy (non-hydrogen) atoms. The van der Waals surface area contributed by atoms with E-state index in [9.17, 15) is 9.18 Å². The zero-order valence-corrected chi connectivity index (χ0v) is 21.7. The molecule has 1 amide bonds. The maximum atomic E-state index is 14.3. The molecule has 6 rings (SSSR count). The third kappa shape index (κ3) is 4.72. The summed E-state index contributed by atoms with van der Waals surface area (Å²) in [5, 5.41) is 6.54. The lowest BCUT2D eigenvalue weighted by molar-refractivity contribution is -0.134. The first kappa shape index (κ1) is 24.4. The first-order valence-corrected chi connectivity index (χ1v) is 13.0. The Kier molecular flexibility index (Phi) is 6.49. The van der Waals surface area contributed by atoms with Crippen molar-refractivity contribution in [1.82, 2.24) is 9.91 Å². The predicted molar refractivity (Wildman–Crippen MR) is 144 cm³/mol. The molecule has 3 aliphatic rings. The molecule has 1 saturated heterocycles. The number of carbonyl (C=O) groups excluding carboxylic acids is 1. The highest BCUT2D eigenvalue weighted by Gasteiger charge is 2.35. The smallest absolute Gasteiger partial charge is 0.257 e. The van der Waals surface area contributed by atoms with Crippen LogP contribution in [0.5, 0.6) is 11.5 Å². The Balaban J connectivity index is 1.22. The van der Waals surface area contributed by atoms with Gasteiger partial charge in [-0.3, -0.25) is 9.69 Å². The van der Waals surface area contributed by atoms with Crippen LogP contribution in [0.15, 0.2) is 65.8 Å². The molecule has 0 aliphatic carbocycles. The van der Waals surface area contributed by atoms with Gasteiger partial charge in [0.1, 0.15) is 5.82 Å². The molecule has 0 N–H and O–H groups in total. The molecule has 0 aromatic heterocycles. The average Bonchev–Trinajstić information content (AvgIpc) is 3.58. The van der Waals surface area contributed by atoms with Crippen LogP contribution < -0.4 is 14.4 Å². The summed E-state index contributed by atoms with van der Waals surface area (Å²) in [7, 11) is 0. The molecule has 3 aliphatic heterocycles. The van der Waals surface area contributed by atoms with Crippen molar-refractivity contribution >= 4 is 17.3 Å². The molecule has 3 heterocycles. The number of ether oxygens (including phenoxy) is 2. The zero-order valence-electron chi connectivity index (χ0n) is 21.7. The van der Waals surface area contributed by atoms with Crippen LogP contribution in [0, 0.1) is 19.7 Å². The van der Waals surface area contributed by atoms with Crippen LogP contribution in [-0.4, -0.2) is 61.0 Å². The SMILES string of the molecule is Cc1ccc(C)c(C2=NN(C(=O)CN3CCN(c4ccccc4F)CC3)C(c3ccc4c(c3)OCO4)C2)c1. The number of amides is 1. The van der Waals surface area contributed by atoms with Crippen molar-refractivity contribution in [2.75, 3.05) is 44.4 Å². The number of rotatable bonds is 5. The van der Waals surface area contributed by atoms with E-state index in [0.29, 0.717) is 49.8 Å². The van der Waals surface area contributed by atoms with E-state index in [-0.39, 0.29) is 31.1 Å². The van der Waals surface area contributed by atoms with Gasteiger partial charge in [-0.2, -0.15) is 5.10 Å². The molecular formula is C30H31FN4O3. The number of benzene rings is 3. The summed E-state index contributed by atoms with van der Waals surface area (Å²) >= 11 is 0. The highest BCUT2D eigenvalue weighted by Crippen LogP contribution is 2.39. The highest BCUT2D eigenvalue weighted by atomic mass is 19.1. The van der Waals surface area contributed by atoms with E-state index in [1.54, 1.807) is 17.1 Å². The molecule has 0 saturated carbocycles. The van der Waals surface area contributed by atoms with E-state index >= 15 is 0 Å². The van der Waals surface area contributed by atoms with Crippen molar-refractivity contribution in [3.63, 3.8) is 0 Å². The second-order valence-corrected chi connectivity index (χ2v) is 10.2. The number of fused-ring (bicyclic) bond motifs is 1. The lowest BCUT2D eigenvalue weighted by atomic mass is 9.95. The third-order valence-corrected chi connectivity index (χ3v) is 7.58. The summed E-state index contributed by atoms with van der Waals surface area (Å²) in [5.41, 5.74) is 5.86. The lowest BCUT2D eigenvalue weighted by Gasteiger charge is -2.36. The largest absolute Gasteiger partial charge is 0.454 e. The molecule has 196 valence electrons. The van der Waals surface area contributed by atoms with Gasteiger partial charge in [0.25, 0.3) is 5.91 Å². The van der Waals surface area contributed by atoms with Crippen LogP contribution in [0.3, 0.4) is 0 Å². The fraction of sp³-hybridized carbons (Fsp3) is 0.333. The number of para-hydroxylation sites is 1. The van der Waals surface area contributed by atoms with Gasteiger partial charge in [-0.05, 0) is 55.3 Å². The molecule has 3 aromatic rings. The standard InChI is InChI=1S/C30H31FN4O3/c1-20-7-8-21(2)23(15-20)25-17-27(22-9-10-28-29(16-22)38-19-37-28)35(32-25)30(36)18-33-11-13-34(14-12-33)26-6-4-3-5-24(26)31/h3-10,15-16,27H,11-14,17-19H2,1-2H3. The molecule has 1 atom stereocenters. The predicted octanol–water partition coefficient (Wildman–Crippen LogP) is 4.67. The maximum Gasteiger partial charge on any atom is 0.257 e. The Morgan fingerprint density at radius 2 is 1.76 bits per heavy atom. The van der Waals surface area contributed by atoms with Gasteiger partial charge in [0.2, 0.25) is 6.79 Å². The average molecular weight is 515 g/mol. The number of halogens is 1. The van der Waals surface area contributed by atoms with Crippen molar-refractivity contribution in [3.05, 3.63) is 88.7 Å². The van der Waals surface area contributed by atoms with Gasteiger partial charge >= 0.3 is 0 Å². The Bertz CT molecular complexity index is 1400. The van der Waals surface area contributed by atoms with Crippen LogP contribution in [0.2, 0.25) is 0 Å². The normalized spacial score (nSPS) is 19.1. The zero-order chi connectivity index (χ0) is 26.2. The van der Waals surface area contributed by atoms with E-state index in [1.807, 2.05) is 29.2 Å². The number of hydrazone groups is 1. The van der Waals surface area contributed by atoms with Gasteiger partial charge in [0, 0.05) is 38.2 Å². The van der Waals surface area contributed by atoms with Gasteiger partial charge < -0.3 is 14.4 Å². The van der Waals surface area contributed by atoms with Crippen LogP contribution in [0.4, 0.5) is 10.1 Å². The summed E-state index contributed by atoms with van der Waals surface area (Å²) in [5.74, 6) is 1.15. The summed E-state index contributed by atoms with van der Waals surface area (Å²) in [6.07, 6.45) is 0.622. The highest BCUT2D eigenvalue weighted by molar-refractivity contribution is 6.04. The Hall–Kier alpha value is -3.91. The van der Waals surface area contributed by atoms with Crippen molar-refractivity contribution in [1.29, 1.82) is 0 Å². The molecule has 0 bridgehead atoms. The molecule has 0 spiro atoms. The number of anilines is 1. The number of carbonyl (C=O) groups is 1. The molecule has 3 aromatic carbocycles. The minimum atomic E-state index is -0.230. The van der Waals surface area contributed by atoms with Crippen molar-refractivity contribution in [2.45, 2.75) is 26.3 Å². The Morgan fingerprint density at radius 3 is 2.58 bits per heavy atom. The fourth-order valence-electron chi connectivity index (χ4n) is 5.45. The van der Waals surface area contributed by atoms with Gasteiger partial charge in [-0.25, -0.2) is 9.40 Å². The van der Waals surface area contributed by atoms with Crippen LogP contribution in [0.1, 0.15) is 34.7 Å². The summed E-state index contributed by atoms with van der Waals surface area (Å²) in [6.45, 7) is 7.29. The topological polar surface area (TPSA) is 57.6 Å². The van der Waals surface area contributed by atoms with Crippen LogP contribution in [0.25, 0.3) is 0 Å². The first-order valence-electron chi connectivity index (χ1n) is 13.0.